The van der Waals surface area contributed by atoms with Crippen molar-refractivity contribution in [1.29, 1.82) is 5.26 Å². The molecule has 162 valence electrons. The van der Waals surface area contributed by atoms with E-state index in [0.29, 0.717) is 44.7 Å². The van der Waals surface area contributed by atoms with Gasteiger partial charge in [-0.05, 0) is 31.0 Å². The third kappa shape index (κ3) is 3.88. The molecule has 3 rings (SSSR count). The quantitative estimate of drug-likeness (QED) is 0.763. The van der Waals surface area contributed by atoms with Gasteiger partial charge in [-0.1, -0.05) is 0 Å². The number of nitrogens with zero attached hydrogens (tertiary/aromatic N) is 3. The summed E-state index contributed by atoms with van der Waals surface area (Å²) in [6.45, 7) is 1.66. The Morgan fingerprint density at radius 3 is 2.40 bits per heavy atom. The van der Waals surface area contributed by atoms with Crippen LogP contribution in [0.4, 0.5) is 23.7 Å². The van der Waals surface area contributed by atoms with Crippen molar-refractivity contribution < 1.29 is 22.8 Å². The Hall–Kier alpha value is -2.96. The Morgan fingerprint density at radius 2 is 1.87 bits per heavy atom. The lowest BCUT2D eigenvalue weighted by Gasteiger charge is -2.42. The van der Waals surface area contributed by atoms with Crippen LogP contribution < -0.4 is 15.5 Å². The highest BCUT2D eigenvalue weighted by Crippen LogP contribution is 2.46. The van der Waals surface area contributed by atoms with Gasteiger partial charge in [0.05, 0.1) is 23.1 Å². The average molecular weight is 423 g/mol. The lowest BCUT2D eigenvalue weighted by Crippen LogP contribution is -2.48. The molecule has 10 heteroatoms. The molecular formula is C20H24F3N5O2. The van der Waals surface area contributed by atoms with E-state index in [1.54, 1.807) is 18.0 Å². The van der Waals surface area contributed by atoms with Crippen LogP contribution in [0.25, 0.3) is 0 Å². The summed E-state index contributed by atoms with van der Waals surface area (Å²) in [4.78, 5) is 28.1. The highest BCUT2D eigenvalue weighted by atomic mass is 19.4. The van der Waals surface area contributed by atoms with E-state index in [9.17, 15) is 22.8 Å². The van der Waals surface area contributed by atoms with E-state index in [1.165, 1.54) is 19.2 Å². The molecule has 1 unspecified atom stereocenters. The molecule has 1 atom stereocenters. The number of carbonyl (C=O) groups excluding carboxylic acids is 2. The number of piperidine rings is 1. The summed E-state index contributed by atoms with van der Waals surface area (Å²) >= 11 is 0. The molecule has 2 heterocycles. The first-order chi connectivity index (χ1) is 14.1. The number of nitrogens with one attached hydrogen (secondary N) is 2. The number of carbonyl (C=O) groups is 2. The largest absolute Gasteiger partial charge is 0.417 e. The third-order valence-corrected chi connectivity index (χ3v) is 6.27. The van der Waals surface area contributed by atoms with Gasteiger partial charge in [0.1, 0.15) is 0 Å². The minimum absolute atomic E-state index is 0.132. The minimum Gasteiger partial charge on any atom is -0.371 e. The van der Waals surface area contributed by atoms with Crippen molar-refractivity contribution in [2.75, 3.05) is 45.2 Å². The second-order valence-electron chi connectivity index (χ2n) is 7.79. The van der Waals surface area contributed by atoms with Crippen LogP contribution >= 0.6 is 0 Å². The van der Waals surface area contributed by atoms with Crippen LogP contribution in [-0.4, -0.2) is 57.1 Å². The second kappa shape index (κ2) is 8.05. The van der Waals surface area contributed by atoms with E-state index in [1.807, 2.05) is 4.90 Å². The van der Waals surface area contributed by atoms with Crippen molar-refractivity contribution in [3.05, 3.63) is 29.3 Å². The molecule has 1 spiro atoms. The molecule has 1 aromatic carbocycles. The van der Waals surface area contributed by atoms with Gasteiger partial charge in [0.15, 0.2) is 0 Å². The van der Waals surface area contributed by atoms with Gasteiger partial charge in [0, 0.05) is 51.4 Å². The first-order valence-electron chi connectivity index (χ1n) is 9.70. The molecular weight excluding hydrogens is 399 g/mol. The Labute approximate surface area is 172 Å². The number of nitriles is 1. The molecule has 2 aliphatic rings. The van der Waals surface area contributed by atoms with Gasteiger partial charge in [-0.25, -0.2) is 4.79 Å². The van der Waals surface area contributed by atoms with Gasteiger partial charge in [-0.2, -0.15) is 18.4 Å². The molecule has 7 nitrogen and oxygen atoms in total. The monoisotopic (exact) mass is 423 g/mol. The van der Waals surface area contributed by atoms with Crippen molar-refractivity contribution >= 4 is 17.6 Å². The van der Waals surface area contributed by atoms with Gasteiger partial charge in [0.2, 0.25) is 5.91 Å². The second-order valence-corrected chi connectivity index (χ2v) is 7.79. The van der Waals surface area contributed by atoms with E-state index >= 15 is 0 Å². The maximum atomic E-state index is 13.3. The summed E-state index contributed by atoms with van der Waals surface area (Å²) in [6, 6.07) is 5.07. The number of likely N-dealkylation sites (tertiary alicyclic amines) is 1. The summed E-state index contributed by atoms with van der Waals surface area (Å²) in [7, 11) is 3.09. The minimum atomic E-state index is -4.61. The maximum Gasteiger partial charge on any atom is 0.417 e. The van der Waals surface area contributed by atoms with Crippen LogP contribution in [-0.2, 0) is 11.0 Å². The summed E-state index contributed by atoms with van der Waals surface area (Å²) in [6.07, 6.45) is -3.47. The first kappa shape index (κ1) is 21.7. The van der Waals surface area contributed by atoms with Gasteiger partial charge in [0.25, 0.3) is 0 Å². The van der Waals surface area contributed by atoms with E-state index in [2.05, 4.69) is 10.6 Å². The molecule has 0 aromatic heterocycles. The lowest BCUT2D eigenvalue weighted by molar-refractivity contribution is -0.137. The fourth-order valence-corrected chi connectivity index (χ4v) is 4.59. The molecule has 2 aliphatic heterocycles. The smallest absolute Gasteiger partial charge is 0.371 e. The molecule has 30 heavy (non-hydrogen) atoms. The van der Waals surface area contributed by atoms with Gasteiger partial charge < -0.3 is 20.4 Å². The summed E-state index contributed by atoms with van der Waals surface area (Å²) < 4.78 is 39.9. The van der Waals surface area contributed by atoms with Crippen molar-refractivity contribution in [3.8, 4) is 6.07 Å². The molecule has 0 aliphatic carbocycles. The third-order valence-electron chi connectivity index (χ3n) is 6.27. The fourth-order valence-electron chi connectivity index (χ4n) is 4.59. The molecule has 2 fully saturated rings. The number of alkyl halides is 3. The van der Waals surface area contributed by atoms with E-state index in [4.69, 9.17) is 5.26 Å². The van der Waals surface area contributed by atoms with Crippen molar-refractivity contribution in [1.82, 2.24) is 15.5 Å². The number of hydrogen-bond acceptors (Lipinski definition) is 4. The fraction of sp³-hybridized carbons (Fsp3) is 0.550. The summed E-state index contributed by atoms with van der Waals surface area (Å²) in [5, 5.41) is 14.2. The number of benzene rings is 1. The van der Waals surface area contributed by atoms with Crippen LogP contribution in [0.1, 0.15) is 24.0 Å². The predicted molar refractivity (Wildman–Crippen MR) is 104 cm³/mol. The SMILES string of the molecule is CNC(=O)C1CN(C(=O)NC)CC12CCN(c1ccc(C#N)c(C(F)(F)F)c1)CC2. The van der Waals surface area contributed by atoms with Gasteiger partial charge in [-0.15, -0.1) is 0 Å². The van der Waals surface area contributed by atoms with Gasteiger partial charge >= 0.3 is 12.2 Å². The van der Waals surface area contributed by atoms with Crippen LogP contribution in [0.5, 0.6) is 0 Å². The van der Waals surface area contributed by atoms with E-state index in [-0.39, 0.29) is 17.9 Å². The Kier molecular flexibility index (Phi) is 5.83. The number of rotatable bonds is 2. The highest BCUT2D eigenvalue weighted by molar-refractivity contribution is 5.82. The van der Waals surface area contributed by atoms with Crippen molar-refractivity contribution in [2.45, 2.75) is 19.0 Å². The lowest BCUT2D eigenvalue weighted by atomic mass is 9.70. The predicted octanol–water partition coefficient (Wildman–Crippen LogP) is 2.18. The molecule has 0 saturated carbocycles. The topological polar surface area (TPSA) is 88.5 Å². The zero-order valence-corrected chi connectivity index (χ0v) is 16.8. The number of urea groups is 1. The van der Waals surface area contributed by atoms with Crippen LogP contribution in [0.2, 0.25) is 0 Å². The van der Waals surface area contributed by atoms with Crippen molar-refractivity contribution in [2.24, 2.45) is 11.3 Å². The Balaban J connectivity index is 1.82. The molecule has 0 radical (unpaired) electrons. The normalized spacial score (nSPS) is 20.7. The first-order valence-corrected chi connectivity index (χ1v) is 9.70. The van der Waals surface area contributed by atoms with E-state index < -0.39 is 22.7 Å². The standard InChI is InChI=1S/C20H24F3N5O2/c1-25-17(29)16-11-28(18(30)26-2)12-19(16)5-7-27(8-6-19)14-4-3-13(10-24)15(9-14)20(21,22)23/h3-4,9,16H,5-8,11-12H2,1-2H3,(H,25,29)(H,26,30). The molecule has 0 bridgehead atoms. The van der Waals surface area contributed by atoms with Crippen molar-refractivity contribution in [3.63, 3.8) is 0 Å². The maximum absolute atomic E-state index is 13.3. The van der Waals surface area contributed by atoms with Gasteiger partial charge in [-0.3, -0.25) is 4.79 Å². The molecule has 3 amide bonds. The number of amides is 3. The number of anilines is 1. The Morgan fingerprint density at radius 1 is 1.20 bits per heavy atom. The molecule has 2 N–H and O–H groups in total. The van der Waals surface area contributed by atoms with E-state index in [0.717, 1.165) is 6.07 Å². The molecule has 2 saturated heterocycles. The summed E-state index contributed by atoms with van der Waals surface area (Å²) in [5.74, 6) is -0.499. The van der Waals surface area contributed by atoms with Crippen LogP contribution in [0.3, 0.4) is 0 Å². The molecule has 1 aromatic rings. The zero-order chi connectivity index (χ0) is 22.1. The average Bonchev–Trinajstić information content (AvgIpc) is 3.11. The zero-order valence-electron chi connectivity index (χ0n) is 16.8. The van der Waals surface area contributed by atoms with Crippen LogP contribution in [0.15, 0.2) is 18.2 Å². The number of halogens is 3. The number of hydrogen-bond donors (Lipinski definition) is 2. The highest BCUT2D eigenvalue weighted by Gasteiger charge is 2.52. The summed E-state index contributed by atoms with van der Waals surface area (Å²) in [5.41, 5.74) is -1.37. The Bertz CT molecular complexity index is 872. The van der Waals surface area contributed by atoms with Crippen LogP contribution in [0, 0.1) is 22.7 Å².